The van der Waals surface area contributed by atoms with E-state index >= 15 is 0 Å². The molecule has 0 spiro atoms. The molecule has 5 heteroatoms. The highest BCUT2D eigenvalue weighted by Gasteiger charge is 2.16. The van der Waals surface area contributed by atoms with Crippen LogP contribution in [-0.4, -0.2) is 16.4 Å². The summed E-state index contributed by atoms with van der Waals surface area (Å²) < 4.78 is 7.53. The molecule has 0 atom stereocenters. The average Bonchev–Trinajstić information content (AvgIpc) is 2.91. The minimum Gasteiger partial charge on any atom is -0.494 e. The summed E-state index contributed by atoms with van der Waals surface area (Å²) in [5, 5.41) is 14.2. The molecule has 0 aliphatic rings. The number of hydrogen-bond acceptors (Lipinski definition) is 3. The molecule has 2 aromatic rings. The molecular formula is C21H22ClN3O. The first-order valence-corrected chi connectivity index (χ1v) is 8.69. The van der Waals surface area contributed by atoms with Crippen LogP contribution in [0.2, 0.25) is 5.02 Å². The summed E-state index contributed by atoms with van der Waals surface area (Å²) in [6, 6.07) is 7.51. The fourth-order valence-electron chi connectivity index (χ4n) is 2.87. The highest BCUT2D eigenvalue weighted by molar-refractivity contribution is 6.32. The number of nitriles is 1. The van der Waals surface area contributed by atoms with Crippen LogP contribution in [-0.2, 0) is 11.3 Å². The molecule has 26 heavy (non-hydrogen) atoms. The van der Waals surface area contributed by atoms with Gasteiger partial charge in [-0.2, -0.15) is 10.4 Å². The summed E-state index contributed by atoms with van der Waals surface area (Å²) in [5.41, 5.74) is 5.22. The third kappa shape index (κ3) is 3.89. The Kier molecular flexibility index (Phi) is 6.43. The normalized spacial score (nSPS) is 11.5. The fourth-order valence-corrected chi connectivity index (χ4v) is 3.10. The first kappa shape index (κ1) is 19.6. The van der Waals surface area contributed by atoms with Gasteiger partial charge in [-0.05, 0) is 44.5 Å². The molecule has 0 amide bonds. The van der Waals surface area contributed by atoms with E-state index < -0.39 is 0 Å². The molecule has 0 N–H and O–H groups in total. The van der Waals surface area contributed by atoms with E-state index in [-0.39, 0.29) is 0 Å². The van der Waals surface area contributed by atoms with Crippen molar-refractivity contribution in [3.63, 3.8) is 0 Å². The minimum absolute atomic E-state index is 0.438. The maximum absolute atomic E-state index is 9.05. The highest BCUT2D eigenvalue weighted by Crippen LogP contribution is 2.31. The zero-order valence-corrected chi connectivity index (χ0v) is 16.1. The van der Waals surface area contributed by atoms with Crippen molar-refractivity contribution in [2.75, 3.05) is 6.61 Å². The van der Waals surface area contributed by atoms with Gasteiger partial charge < -0.3 is 4.74 Å². The summed E-state index contributed by atoms with van der Waals surface area (Å²) in [6.07, 6.45) is 3.45. The zero-order chi connectivity index (χ0) is 19.3. The second-order valence-corrected chi connectivity index (χ2v) is 6.15. The SMILES string of the molecule is C=C/C(Cn1nc(C)c(-c2ccc(C#N)c(Cl)c2)c1C)=C(\C=C)OCC. The summed E-state index contributed by atoms with van der Waals surface area (Å²) >= 11 is 6.19. The molecule has 4 nitrogen and oxygen atoms in total. The van der Waals surface area contributed by atoms with Crippen molar-refractivity contribution in [2.24, 2.45) is 0 Å². The molecule has 0 fully saturated rings. The van der Waals surface area contributed by atoms with Gasteiger partial charge in [0.05, 0.1) is 29.4 Å². The first-order chi connectivity index (χ1) is 12.5. The lowest BCUT2D eigenvalue weighted by Gasteiger charge is -2.11. The Bertz CT molecular complexity index is 916. The van der Waals surface area contributed by atoms with Gasteiger partial charge >= 0.3 is 0 Å². The molecular weight excluding hydrogens is 346 g/mol. The van der Waals surface area contributed by atoms with Crippen LogP contribution >= 0.6 is 11.6 Å². The third-order valence-electron chi connectivity index (χ3n) is 4.13. The molecule has 0 saturated carbocycles. The van der Waals surface area contributed by atoms with Gasteiger partial charge in [-0.15, -0.1) is 0 Å². The Morgan fingerprint density at radius 1 is 1.35 bits per heavy atom. The Labute approximate surface area is 159 Å². The van der Waals surface area contributed by atoms with Crippen molar-refractivity contribution in [1.82, 2.24) is 9.78 Å². The summed E-state index contributed by atoms with van der Waals surface area (Å²) in [7, 11) is 0. The van der Waals surface area contributed by atoms with Crippen molar-refractivity contribution in [1.29, 1.82) is 5.26 Å². The molecule has 1 aromatic carbocycles. The van der Waals surface area contributed by atoms with Crippen molar-refractivity contribution in [2.45, 2.75) is 27.3 Å². The molecule has 1 aromatic heterocycles. The lowest BCUT2D eigenvalue weighted by molar-refractivity contribution is 0.238. The van der Waals surface area contributed by atoms with E-state index in [1.54, 1.807) is 24.3 Å². The number of aryl methyl sites for hydroxylation is 1. The van der Waals surface area contributed by atoms with Gasteiger partial charge in [-0.1, -0.05) is 36.9 Å². The molecule has 1 heterocycles. The Morgan fingerprint density at radius 3 is 2.62 bits per heavy atom. The predicted molar refractivity (Wildman–Crippen MR) is 106 cm³/mol. The van der Waals surface area contributed by atoms with Gasteiger partial charge in [0, 0.05) is 16.8 Å². The number of halogens is 1. The van der Waals surface area contributed by atoms with E-state index in [1.807, 2.05) is 31.5 Å². The Balaban J connectivity index is 2.48. The van der Waals surface area contributed by atoms with Crippen LogP contribution in [0.5, 0.6) is 0 Å². The smallest absolute Gasteiger partial charge is 0.123 e. The maximum atomic E-state index is 9.05. The topological polar surface area (TPSA) is 50.8 Å². The maximum Gasteiger partial charge on any atom is 0.123 e. The zero-order valence-electron chi connectivity index (χ0n) is 15.3. The van der Waals surface area contributed by atoms with Crippen LogP contribution in [0, 0.1) is 25.2 Å². The number of benzene rings is 1. The molecule has 0 aliphatic heterocycles. The van der Waals surface area contributed by atoms with Gasteiger partial charge in [-0.3, -0.25) is 4.68 Å². The van der Waals surface area contributed by atoms with Crippen LogP contribution in [0.4, 0.5) is 0 Å². The summed E-state index contributed by atoms with van der Waals surface area (Å²) in [6.45, 7) is 14.7. The van der Waals surface area contributed by atoms with Crippen LogP contribution < -0.4 is 0 Å². The second kappa shape index (κ2) is 8.55. The number of ether oxygens (including phenoxy) is 1. The van der Waals surface area contributed by atoms with Gasteiger partial charge in [0.1, 0.15) is 11.8 Å². The van der Waals surface area contributed by atoms with Gasteiger partial charge in [0.2, 0.25) is 0 Å². The van der Waals surface area contributed by atoms with Crippen molar-refractivity contribution < 1.29 is 4.74 Å². The quantitative estimate of drug-likeness (QED) is 0.489. The summed E-state index contributed by atoms with van der Waals surface area (Å²) in [4.78, 5) is 0. The van der Waals surface area contributed by atoms with Crippen LogP contribution in [0.15, 0.2) is 54.8 Å². The van der Waals surface area contributed by atoms with Crippen LogP contribution in [0.3, 0.4) is 0 Å². The molecule has 0 bridgehead atoms. The van der Waals surface area contributed by atoms with Gasteiger partial charge in [0.25, 0.3) is 0 Å². The monoisotopic (exact) mass is 367 g/mol. The van der Waals surface area contributed by atoms with E-state index in [4.69, 9.17) is 21.6 Å². The van der Waals surface area contributed by atoms with Gasteiger partial charge in [0.15, 0.2) is 0 Å². The van der Waals surface area contributed by atoms with Crippen molar-refractivity contribution in [3.8, 4) is 17.2 Å². The lowest BCUT2D eigenvalue weighted by Crippen LogP contribution is -2.07. The van der Waals surface area contributed by atoms with E-state index in [9.17, 15) is 0 Å². The highest BCUT2D eigenvalue weighted by atomic mass is 35.5. The van der Waals surface area contributed by atoms with Crippen LogP contribution in [0.1, 0.15) is 23.9 Å². The number of hydrogen-bond donors (Lipinski definition) is 0. The number of rotatable bonds is 7. The Hall–Kier alpha value is -2.77. The first-order valence-electron chi connectivity index (χ1n) is 8.31. The standard InChI is InChI=1S/C21H22ClN3O/c1-6-16(20(7-2)26-8-3)13-25-15(5)21(14(4)24-25)17-9-10-18(12-23)19(22)11-17/h6-7,9-11H,1-2,8,13H2,3-5H3/b20-16-. The van der Waals surface area contributed by atoms with Crippen molar-refractivity contribution in [3.05, 3.63) is 76.8 Å². The molecule has 0 saturated heterocycles. The minimum atomic E-state index is 0.438. The molecule has 0 aliphatic carbocycles. The van der Waals surface area contributed by atoms with E-state index in [0.717, 1.165) is 28.1 Å². The molecule has 0 radical (unpaired) electrons. The predicted octanol–water partition coefficient (Wildman–Crippen LogP) is 5.35. The molecule has 0 unspecified atom stereocenters. The van der Waals surface area contributed by atoms with E-state index in [1.165, 1.54) is 0 Å². The summed E-state index contributed by atoms with van der Waals surface area (Å²) in [5.74, 6) is 0.707. The van der Waals surface area contributed by atoms with Crippen molar-refractivity contribution >= 4 is 11.6 Å². The molecule has 134 valence electrons. The molecule has 2 rings (SSSR count). The fraction of sp³-hybridized carbons (Fsp3) is 0.238. The lowest BCUT2D eigenvalue weighted by atomic mass is 10.0. The van der Waals surface area contributed by atoms with Crippen LogP contribution in [0.25, 0.3) is 11.1 Å². The third-order valence-corrected chi connectivity index (χ3v) is 4.44. The van der Waals surface area contributed by atoms with Gasteiger partial charge in [-0.25, -0.2) is 0 Å². The van der Waals surface area contributed by atoms with E-state index in [2.05, 4.69) is 24.3 Å². The Morgan fingerprint density at radius 2 is 2.08 bits per heavy atom. The number of aromatic nitrogens is 2. The van der Waals surface area contributed by atoms with E-state index in [0.29, 0.717) is 29.5 Å². The average molecular weight is 368 g/mol. The second-order valence-electron chi connectivity index (χ2n) is 5.74. The number of nitrogens with zero attached hydrogens (tertiary/aromatic N) is 3. The largest absolute Gasteiger partial charge is 0.494 e. The number of allylic oxidation sites excluding steroid dienone is 3.